The number of carbonyl (C=O) groups excluding carboxylic acids is 1. The fourth-order valence-corrected chi connectivity index (χ4v) is 2.78. The molecule has 1 saturated heterocycles. The lowest BCUT2D eigenvalue weighted by atomic mass is 10.1. The maximum atomic E-state index is 12.0. The fourth-order valence-electron chi connectivity index (χ4n) is 2.78. The predicted molar refractivity (Wildman–Crippen MR) is 89.7 cm³/mol. The average Bonchev–Trinajstić information content (AvgIpc) is 2.54. The summed E-state index contributed by atoms with van der Waals surface area (Å²) in [5.74, 6) is 1.75. The maximum Gasteiger partial charge on any atom is 0.224 e. The second kappa shape index (κ2) is 8.17. The Morgan fingerprint density at radius 1 is 1.13 bits per heavy atom. The minimum atomic E-state index is -0.0789. The van der Waals surface area contributed by atoms with Crippen LogP contribution in [0.3, 0.4) is 0 Å². The number of nitrogens with two attached hydrogens (primary N) is 1. The minimum Gasteiger partial charge on any atom is -0.497 e. The van der Waals surface area contributed by atoms with Gasteiger partial charge in [-0.3, -0.25) is 9.69 Å². The van der Waals surface area contributed by atoms with Crippen LogP contribution in [0.25, 0.3) is 0 Å². The van der Waals surface area contributed by atoms with E-state index in [2.05, 4.69) is 4.90 Å². The van der Waals surface area contributed by atoms with E-state index in [-0.39, 0.29) is 11.9 Å². The van der Waals surface area contributed by atoms with Crippen molar-refractivity contribution in [3.05, 3.63) is 23.8 Å². The highest BCUT2D eigenvalue weighted by atomic mass is 16.5. The van der Waals surface area contributed by atoms with Crippen LogP contribution in [0.15, 0.2) is 18.2 Å². The summed E-state index contributed by atoms with van der Waals surface area (Å²) < 4.78 is 10.6. The lowest BCUT2D eigenvalue weighted by Crippen LogP contribution is -2.49. The van der Waals surface area contributed by atoms with Gasteiger partial charge in [0.2, 0.25) is 5.91 Å². The van der Waals surface area contributed by atoms with Crippen molar-refractivity contribution >= 4 is 5.91 Å². The molecule has 1 aromatic rings. The van der Waals surface area contributed by atoms with E-state index in [1.54, 1.807) is 14.2 Å². The SMILES string of the molecule is COc1cc(CN2CCN(C(=O)CC(C)N)CC2)cc(OC)c1. The van der Waals surface area contributed by atoms with E-state index in [4.69, 9.17) is 15.2 Å². The van der Waals surface area contributed by atoms with Crippen LogP contribution in [0.1, 0.15) is 18.9 Å². The number of ether oxygens (including phenoxy) is 2. The third kappa shape index (κ3) is 5.11. The van der Waals surface area contributed by atoms with Gasteiger partial charge in [0.05, 0.1) is 14.2 Å². The summed E-state index contributed by atoms with van der Waals surface area (Å²) in [7, 11) is 3.31. The number of hydrogen-bond acceptors (Lipinski definition) is 5. The van der Waals surface area contributed by atoms with Crippen molar-refractivity contribution in [2.75, 3.05) is 40.4 Å². The zero-order chi connectivity index (χ0) is 16.8. The summed E-state index contributed by atoms with van der Waals surface area (Å²) in [6.45, 7) is 5.93. The van der Waals surface area contributed by atoms with Crippen LogP contribution in [0.4, 0.5) is 0 Å². The van der Waals surface area contributed by atoms with Crippen LogP contribution >= 0.6 is 0 Å². The molecule has 6 nitrogen and oxygen atoms in total. The fraction of sp³-hybridized carbons (Fsp3) is 0.588. The van der Waals surface area contributed by atoms with E-state index in [1.807, 2.05) is 30.0 Å². The molecule has 0 radical (unpaired) electrons. The number of piperazine rings is 1. The predicted octanol–water partition coefficient (Wildman–Crippen LogP) is 1.09. The van der Waals surface area contributed by atoms with Gasteiger partial charge >= 0.3 is 0 Å². The first-order valence-electron chi connectivity index (χ1n) is 7.99. The zero-order valence-electron chi connectivity index (χ0n) is 14.2. The number of nitrogens with zero attached hydrogens (tertiary/aromatic N) is 2. The minimum absolute atomic E-state index is 0.0789. The molecule has 1 fully saturated rings. The summed E-state index contributed by atoms with van der Waals surface area (Å²) in [5, 5.41) is 0. The molecular formula is C17H27N3O3. The molecule has 1 atom stereocenters. The molecule has 1 aliphatic heterocycles. The van der Waals surface area contributed by atoms with Crippen LogP contribution in [0.5, 0.6) is 11.5 Å². The number of carbonyl (C=O) groups is 1. The van der Waals surface area contributed by atoms with Crippen molar-refractivity contribution in [3.63, 3.8) is 0 Å². The van der Waals surface area contributed by atoms with Gasteiger partial charge in [0.25, 0.3) is 0 Å². The molecule has 1 heterocycles. The van der Waals surface area contributed by atoms with Crippen molar-refractivity contribution in [3.8, 4) is 11.5 Å². The second-order valence-corrected chi connectivity index (χ2v) is 6.06. The van der Waals surface area contributed by atoms with Gasteiger partial charge in [-0.15, -0.1) is 0 Å². The van der Waals surface area contributed by atoms with Gasteiger partial charge in [-0.2, -0.15) is 0 Å². The molecule has 1 aliphatic rings. The van der Waals surface area contributed by atoms with Crippen LogP contribution < -0.4 is 15.2 Å². The summed E-state index contributed by atoms with van der Waals surface area (Å²) >= 11 is 0. The summed E-state index contributed by atoms with van der Waals surface area (Å²) in [6, 6.07) is 5.84. The number of amides is 1. The Morgan fingerprint density at radius 2 is 1.70 bits per heavy atom. The van der Waals surface area contributed by atoms with Crippen molar-refractivity contribution in [2.24, 2.45) is 5.73 Å². The van der Waals surface area contributed by atoms with Crippen molar-refractivity contribution < 1.29 is 14.3 Å². The monoisotopic (exact) mass is 321 g/mol. The zero-order valence-corrected chi connectivity index (χ0v) is 14.2. The molecule has 1 aromatic carbocycles. The molecule has 0 aromatic heterocycles. The maximum absolute atomic E-state index is 12.0. The normalized spacial score (nSPS) is 17.0. The highest BCUT2D eigenvalue weighted by Gasteiger charge is 2.21. The standard InChI is InChI=1S/C17H27N3O3/c1-13(18)8-17(21)20-6-4-19(5-7-20)12-14-9-15(22-2)11-16(10-14)23-3/h9-11,13H,4-8,12,18H2,1-3H3. The first-order valence-corrected chi connectivity index (χ1v) is 7.99. The molecule has 1 unspecified atom stereocenters. The van der Waals surface area contributed by atoms with Gasteiger partial charge in [0, 0.05) is 51.3 Å². The Morgan fingerprint density at radius 3 is 2.17 bits per heavy atom. The molecule has 0 bridgehead atoms. The van der Waals surface area contributed by atoms with E-state index in [0.717, 1.165) is 49.8 Å². The van der Waals surface area contributed by atoms with Crippen molar-refractivity contribution in [2.45, 2.75) is 25.9 Å². The van der Waals surface area contributed by atoms with Crippen LogP contribution in [-0.4, -0.2) is 62.1 Å². The molecule has 128 valence electrons. The largest absolute Gasteiger partial charge is 0.497 e. The highest BCUT2D eigenvalue weighted by Crippen LogP contribution is 2.23. The van der Waals surface area contributed by atoms with Crippen LogP contribution in [-0.2, 0) is 11.3 Å². The molecule has 2 rings (SSSR count). The van der Waals surface area contributed by atoms with E-state index in [1.165, 1.54) is 0 Å². The van der Waals surface area contributed by atoms with E-state index >= 15 is 0 Å². The van der Waals surface area contributed by atoms with Gasteiger partial charge in [-0.05, 0) is 24.6 Å². The van der Waals surface area contributed by atoms with Gasteiger partial charge in [0.1, 0.15) is 11.5 Å². The highest BCUT2D eigenvalue weighted by molar-refractivity contribution is 5.76. The van der Waals surface area contributed by atoms with Gasteiger partial charge < -0.3 is 20.1 Å². The molecule has 0 saturated carbocycles. The first-order chi connectivity index (χ1) is 11.0. The number of rotatable bonds is 6. The smallest absolute Gasteiger partial charge is 0.224 e. The number of methoxy groups -OCH3 is 2. The Balaban J connectivity index is 1.90. The van der Waals surface area contributed by atoms with E-state index in [0.29, 0.717) is 6.42 Å². The molecule has 1 amide bonds. The quantitative estimate of drug-likeness (QED) is 0.849. The Hall–Kier alpha value is -1.79. The van der Waals surface area contributed by atoms with E-state index in [9.17, 15) is 4.79 Å². The van der Waals surface area contributed by atoms with Gasteiger partial charge in [-0.1, -0.05) is 0 Å². The molecular weight excluding hydrogens is 294 g/mol. The van der Waals surface area contributed by atoms with E-state index < -0.39 is 0 Å². The van der Waals surface area contributed by atoms with Crippen LogP contribution in [0, 0.1) is 0 Å². The topological polar surface area (TPSA) is 68.0 Å². The lowest BCUT2D eigenvalue weighted by Gasteiger charge is -2.35. The second-order valence-electron chi connectivity index (χ2n) is 6.06. The number of hydrogen-bond donors (Lipinski definition) is 1. The number of benzene rings is 1. The van der Waals surface area contributed by atoms with Crippen molar-refractivity contribution in [1.82, 2.24) is 9.80 Å². The van der Waals surface area contributed by atoms with Crippen LogP contribution in [0.2, 0.25) is 0 Å². The summed E-state index contributed by atoms with van der Waals surface area (Å²) in [5.41, 5.74) is 6.85. The van der Waals surface area contributed by atoms with Crippen molar-refractivity contribution in [1.29, 1.82) is 0 Å². The summed E-state index contributed by atoms with van der Waals surface area (Å²) in [6.07, 6.45) is 0.424. The molecule has 6 heteroatoms. The Labute approximate surface area is 138 Å². The lowest BCUT2D eigenvalue weighted by molar-refractivity contribution is -0.133. The molecule has 0 spiro atoms. The van der Waals surface area contributed by atoms with Gasteiger partial charge in [-0.25, -0.2) is 0 Å². The van der Waals surface area contributed by atoms with Gasteiger partial charge in [0.15, 0.2) is 0 Å². The molecule has 2 N–H and O–H groups in total. The summed E-state index contributed by atoms with van der Waals surface area (Å²) in [4.78, 5) is 16.3. The first kappa shape index (κ1) is 17.6. The Bertz CT molecular complexity index is 504. The Kier molecular flexibility index (Phi) is 6.24. The third-order valence-corrected chi connectivity index (χ3v) is 4.04. The molecule has 0 aliphatic carbocycles. The average molecular weight is 321 g/mol. The molecule has 23 heavy (non-hydrogen) atoms. The third-order valence-electron chi connectivity index (χ3n) is 4.04.